The molecule has 4 rings (SSSR count). The van der Waals surface area contributed by atoms with Gasteiger partial charge in [-0.05, 0) is 18.2 Å². The molecule has 2 aliphatic rings. The maximum Gasteiger partial charge on any atom is 0.228 e. The lowest BCUT2D eigenvalue weighted by molar-refractivity contribution is -0.293. The highest BCUT2D eigenvalue weighted by Crippen LogP contribution is 2.49. The van der Waals surface area contributed by atoms with E-state index in [1.165, 1.54) is 30.3 Å². The van der Waals surface area contributed by atoms with Gasteiger partial charge in [-0.3, -0.25) is 0 Å². The summed E-state index contributed by atoms with van der Waals surface area (Å²) in [6.45, 7) is -0.654. The van der Waals surface area contributed by atoms with Crippen LogP contribution in [0.5, 0.6) is 28.7 Å². The Morgan fingerprint density at radius 2 is 1.56 bits per heavy atom. The van der Waals surface area contributed by atoms with Crippen molar-refractivity contribution in [2.45, 2.75) is 36.8 Å². The van der Waals surface area contributed by atoms with Crippen LogP contribution in [0.4, 0.5) is 0 Å². The molecule has 32 heavy (non-hydrogen) atoms. The van der Waals surface area contributed by atoms with Crippen molar-refractivity contribution < 1.29 is 55.1 Å². The van der Waals surface area contributed by atoms with E-state index in [-0.39, 0.29) is 22.8 Å². The maximum atomic E-state index is 10.3. The third-order valence-electron chi connectivity index (χ3n) is 5.34. The lowest BCUT2D eigenvalue weighted by Gasteiger charge is -2.41. The lowest BCUT2D eigenvalue weighted by atomic mass is 9.98. The summed E-state index contributed by atoms with van der Waals surface area (Å²) >= 11 is 0. The fourth-order valence-electron chi connectivity index (χ4n) is 3.55. The van der Waals surface area contributed by atoms with Crippen molar-refractivity contribution in [3.63, 3.8) is 0 Å². The van der Waals surface area contributed by atoms with E-state index in [1.807, 2.05) is 0 Å². The van der Waals surface area contributed by atoms with E-state index >= 15 is 0 Å². The Morgan fingerprint density at radius 1 is 0.875 bits per heavy atom. The van der Waals surface area contributed by atoms with Crippen molar-refractivity contribution in [1.29, 1.82) is 0 Å². The molecule has 2 aromatic carbocycles. The maximum absolute atomic E-state index is 10.3. The molecule has 11 nitrogen and oxygen atoms in total. The van der Waals surface area contributed by atoms with Crippen molar-refractivity contribution in [3.05, 3.63) is 47.2 Å². The molecule has 0 aliphatic carbocycles. The van der Waals surface area contributed by atoms with Gasteiger partial charge in [0.15, 0.2) is 17.6 Å². The van der Waals surface area contributed by atoms with E-state index in [4.69, 9.17) is 14.2 Å². The van der Waals surface area contributed by atoms with Crippen LogP contribution in [-0.4, -0.2) is 78.2 Å². The third kappa shape index (κ3) is 3.76. The van der Waals surface area contributed by atoms with Crippen LogP contribution >= 0.6 is 0 Å². The largest absolute Gasteiger partial charge is 0.508 e. The quantitative estimate of drug-likeness (QED) is 0.288. The predicted octanol–water partition coefficient (Wildman–Crippen LogP) is -0.200. The average molecular weight is 450 g/mol. The molecule has 0 radical (unpaired) electrons. The van der Waals surface area contributed by atoms with Crippen LogP contribution in [-0.2, 0) is 9.47 Å². The minimum absolute atomic E-state index is 0.00875. The molecule has 1 fully saturated rings. The molecule has 0 bridgehead atoms. The minimum Gasteiger partial charge on any atom is -0.508 e. The molecule has 172 valence electrons. The fraction of sp³-hybridized carbons (Fsp3) is 0.333. The van der Waals surface area contributed by atoms with Crippen molar-refractivity contribution in [2.24, 2.45) is 0 Å². The molecule has 2 heterocycles. The van der Waals surface area contributed by atoms with Crippen LogP contribution in [0.25, 0.3) is 6.08 Å². The van der Waals surface area contributed by atoms with Gasteiger partial charge in [0.1, 0.15) is 41.7 Å². The Morgan fingerprint density at radius 3 is 2.22 bits per heavy atom. The second-order valence-electron chi connectivity index (χ2n) is 7.46. The Labute approximate surface area is 181 Å². The topological polar surface area (TPSA) is 190 Å². The molecule has 2 aromatic rings. The zero-order valence-corrected chi connectivity index (χ0v) is 16.4. The minimum atomic E-state index is -1.70. The Kier molecular flexibility index (Phi) is 5.75. The van der Waals surface area contributed by atoms with Gasteiger partial charge in [0.05, 0.1) is 12.2 Å². The van der Waals surface area contributed by atoms with Crippen LogP contribution in [0.2, 0.25) is 0 Å². The number of ether oxygens (including phenoxy) is 3. The molecule has 2 aliphatic heterocycles. The van der Waals surface area contributed by atoms with E-state index < -0.39 is 60.7 Å². The van der Waals surface area contributed by atoms with Gasteiger partial charge in [-0.1, -0.05) is 12.1 Å². The number of aliphatic hydroxyl groups excluding tert-OH is 4. The standard InChI is InChI=1S/C21H22O11/c22-7-14-17(27)18(28)19(29)21(32-14)31-13-5-10-12(6-11(24)16(26)15(10)25)30-20(13)8-1-3-9(23)4-2-8/h1-6,14,17-29H,7H2/t14-,17-,18+,19-,20?,21-/m1/s1. The first-order chi connectivity index (χ1) is 15.2. The Balaban J connectivity index is 1.75. The molecular formula is C21H22O11. The van der Waals surface area contributed by atoms with Crippen LogP contribution in [0.3, 0.4) is 0 Å². The van der Waals surface area contributed by atoms with Gasteiger partial charge in [0, 0.05) is 11.6 Å². The SMILES string of the molecule is OC[C@H]1O[C@@H](OC2=Cc3c(cc(O)c(O)c3O)OC2c2ccc(O)cc2)[C@H](O)[C@@H](O)[C@@H]1O. The Bertz CT molecular complexity index is 1020. The lowest BCUT2D eigenvalue weighted by Crippen LogP contribution is -2.59. The number of fused-ring (bicyclic) bond motifs is 1. The van der Waals surface area contributed by atoms with E-state index in [2.05, 4.69) is 0 Å². The second-order valence-corrected chi connectivity index (χ2v) is 7.46. The van der Waals surface area contributed by atoms with Crippen LogP contribution in [0.15, 0.2) is 36.1 Å². The summed E-state index contributed by atoms with van der Waals surface area (Å²) in [6, 6.07) is 6.93. The van der Waals surface area contributed by atoms with Crippen molar-refractivity contribution in [1.82, 2.24) is 0 Å². The highest BCUT2D eigenvalue weighted by molar-refractivity contribution is 5.74. The van der Waals surface area contributed by atoms with Gasteiger partial charge in [0.2, 0.25) is 12.0 Å². The zero-order valence-electron chi connectivity index (χ0n) is 16.4. The van der Waals surface area contributed by atoms with Gasteiger partial charge in [-0.2, -0.15) is 0 Å². The summed E-state index contributed by atoms with van der Waals surface area (Å²) in [6.07, 6.45) is -7.43. The zero-order chi connectivity index (χ0) is 23.2. The molecule has 0 saturated carbocycles. The molecule has 0 amide bonds. The van der Waals surface area contributed by atoms with E-state index in [9.17, 15) is 40.9 Å². The number of benzene rings is 2. The normalized spacial score (nSPS) is 29.6. The molecular weight excluding hydrogens is 428 g/mol. The van der Waals surface area contributed by atoms with Crippen LogP contribution in [0, 0.1) is 0 Å². The third-order valence-corrected chi connectivity index (χ3v) is 5.34. The molecule has 0 spiro atoms. The summed E-state index contributed by atoms with van der Waals surface area (Å²) in [5, 5.41) is 79.2. The average Bonchev–Trinajstić information content (AvgIpc) is 2.78. The van der Waals surface area contributed by atoms with Crippen molar-refractivity contribution in [2.75, 3.05) is 6.61 Å². The first-order valence-electron chi connectivity index (χ1n) is 9.63. The number of phenolic OH excluding ortho intramolecular Hbond substituents is 4. The van der Waals surface area contributed by atoms with Crippen LogP contribution < -0.4 is 4.74 Å². The van der Waals surface area contributed by atoms with Crippen molar-refractivity contribution >= 4 is 6.08 Å². The van der Waals surface area contributed by atoms with E-state index in [0.717, 1.165) is 6.07 Å². The first-order valence-corrected chi connectivity index (χ1v) is 9.63. The van der Waals surface area contributed by atoms with E-state index in [0.29, 0.717) is 5.56 Å². The smallest absolute Gasteiger partial charge is 0.228 e. The summed E-state index contributed by atoms with van der Waals surface area (Å²) in [5.41, 5.74) is 0.436. The monoisotopic (exact) mass is 450 g/mol. The molecule has 6 atom stereocenters. The molecule has 11 heteroatoms. The number of aliphatic hydroxyl groups is 4. The van der Waals surface area contributed by atoms with Gasteiger partial charge in [-0.15, -0.1) is 0 Å². The fourth-order valence-corrected chi connectivity index (χ4v) is 3.55. The molecule has 1 saturated heterocycles. The number of phenols is 4. The number of rotatable bonds is 4. The van der Waals surface area contributed by atoms with Gasteiger partial charge >= 0.3 is 0 Å². The molecule has 0 aromatic heterocycles. The number of hydrogen-bond donors (Lipinski definition) is 8. The summed E-state index contributed by atoms with van der Waals surface area (Å²) in [4.78, 5) is 0. The highest BCUT2D eigenvalue weighted by atomic mass is 16.7. The summed E-state index contributed by atoms with van der Waals surface area (Å²) in [7, 11) is 0. The first kappa shape index (κ1) is 22.0. The number of aromatic hydroxyl groups is 4. The van der Waals surface area contributed by atoms with Gasteiger partial charge in [0.25, 0.3) is 0 Å². The molecule has 8 N–H and O–H groups in total. The van der Waals surface area contributed by atoms with Gasteiger partial charge in [-0.25, -0.2) is 0 Å². The number of hydrogen-bond acceptors (Lipinski definition) is 11. The summed E-state index contributed by atoms with van der Waals surface area (Å²) in [5.74, 6) is -2.11. The Hall–Kier alpha value is -3.22. The highest BCUT2D eigenvalue weighted by Gasteiger charge is 2.46. The summed E-state index contributed by atoms with van der Waals surface area (Å²) < 4.78 is 17.0. The van der Waals surface area contributed by atoms with Gasteiger partial charge < -0.3 is 55.1 Å². The van der Waals surface area contributed by atoms with Crippen LogP contribution in [0.1, 0.15) is 17.2 Å². The van der Waals surface area contributed by atoms with E-state index in [1.54, 1.807) is 0 Å². The van der Waals surface area contributed by atoms with Crippen molar-refractivity contribution in [3.8, 4) is 28.7 Å². The second kappa shape index (κ2) is 8.37. The predicted molar refractivity (Wildman–Crippen MR) is 106 cm³/mol. The molecule has 1 unspecified atom stereocenters.